The van der Waals surface area contributed by atoms with Crippen LogP contribution in [0, 0.1) is 11.3 Å². The summed E-state index contributed by atoms with van der Waals surface area (Å²) in [5.74, 6) is -1.97. The number of para-hydroxylation sites is 1. The van der Waals surface area contributed by atoms with Crippen LogP contribution in [0.15, 0.2) is 66.1 Å². The predicted octanol–water partition coefficient (Wildman–Crippen LogP) is 7.67. The predicted molar refractivity (Wildman–Crippen MR) is 247 cm³/mol. The summed E-state index contributed by atoms with van der Waals surface area (Å²) in [6, 6.07) is 14.3. The number of primary amides is 1. The van der Waals surface area contributed by atoms with Crippen molar-refractivity contribution in [2.75, 3.05) is 6.54 Å². The van der Waals surface area contributed by atoms with E-state index in [0.29, 0.717) is 38.1 Å². The van der Waals surface area contributed by atoms with E-state index in [9.17, 15) is 27.6 Å². The van der Waals surface area contributed by atoms with Crippen molar-refractivity contribution in [1.29, 1.82) is 0 Å². The molecule has 2 aromatic carbocycles. The number of ether oxygens (including phenoxy) is 2. The Hall–Kier alpha value is -5.29. The lowest BCUT2D eigenvalue weighted by molar-refractivity contribution is -0.139. The molecule has 344 valence electrons. The highest BCUT2D eigenvalue weighted by Crippen LogP contribution is 2.54. The minimum atomic E-state index is -3.68. The van der Waals surface area contributed by atoms with Gasteiger partial charge >= 0.3 is 6.09 Å². The highest BCUT2D eigenvalue weighted by atomic mass is 32.2. The molecule has 1 aliphatic heterocycles. The molecule has 5 atom stereocenters. The molecule has 2 aromatic heterocycles. The minimum Gasteiger partial charge on any atom is -0.459 e. The zero-order valence-electron chi connectivity index (χ0n) is 37.8. The molecule has 3 fully saturated rings. The second kappa shape index (κ2) is 18.3. The first-order valence-corrected chi connectivity index (χ1v) is 24.6. The quantitative estimate of drug-likeness (QED) is 0.0656. The van der Waals surface area contributed by atoms with Gasteiger partial charge in [-0.05, 0) is 97.6 Å². The van der Waals surface area contributed by atoms with Crippen LogP contribution in [0.5, 0.6) is 6.01 Å². The Morgan fingerprint density at radius 2 is 1.75 bits per heavy atom. The number of alkyl carbamates (subject to hydrolysis) is 1. The van der Waals surface area contributed by atoms with Crippen molar-refractivity contribution >= 4 is 56.2 Å². The van der Waals surface area contributed by atoms with E-state index in [-0.39, 0.29) is 31.3 Å². The maximum atomic E-state index is 14.4. The van der Waals surface area contributed by atoms with Crippen molar-refractivity contribution in [3.63, 3.8) is 0 Å². The largest absolute Gasteiger partial charge is 0.459 e. The highest BCUT2D eigenvalue weighted by molar-refractivity contribution is 7.91. The lowest BCUT2D eigenvalue weighted by Gasteiger charge is -2.28. The molecule has 64 heavy (non-hydrogen) atoms. The van der Waals surface area contributed by atoms with Crippen LogP contribution in [0.1, 0.15) is 112 Å². The van der Waals surface area contributed by atoms with E-state index in [1.165, 1.54) is 16.2 Å². The van der Waals surface area contributed by atoms with Crippen LogP contribution in [-0.2, 0) is 29.1 Å². The second-order valence-corrected chi connectivity index (χ2v) is 22.3. The first-order chi connectivity index (χ1) is 30.2. The first kappa shape index (κ1) is 46.7. The zero-order chi connectivity index (χ0) is 46.2. The van der Waals surface area contributed by atoms with Gasteiger partial charge in [0, 0.05) is 34.9 Å². The number of nitrogens with zero attached hydrogens (tertiary/aromatic N) is 4. The van der Waals surface area contributed by atoms with Crippen molar-refractivity contribution in [3.05, 3.63) is 66.1 Å². The Morgan fingerprint density at radius 3 is 2.42 bits per heavy atom. The normalized spacial score (nSPS) is 22.1. The Kier molecular flexibility index (Phi) is 13.4. The molecule has 0 bridgehead atoms. The van der Waals surface area contributed by atoms with Gasteiger partial charge in [-0.1, -0.05) is 68.3 Å². The van der Waals surface area contributed by atoms with Gasteiger partial charge in [0.2, 0.25) is 27.7 Å². The van der Waals surface area contributed by atoms with Crippen LogP contribution in [0.3, 0.4) is 0 Å². The average molecular weight is 916 g/mol. The Labute approximate surface area is 379 Å². The molecule has 2 saturated carbocycles. The second-order valence-electron chi connectivity index (χ2n) is 19.2. The number of unbranched alkanes of at least 4 members (excludes halogenated alkanes) is 3. The number of carbonyl (C=O) groups excluding carboxylic acids is 4. The maximum Gasteiger partial charge on any atom is 0.408 e. The van der Waals surface area contributed by atoms with Crippen LogP contribution in [-0.4, -0.2) is 86.7 Å². The van der Waals surface area contributed by atoms with Crippen LogP contribution in [0.25, 0.3) is 32.9 Å². The van der Waals surface area contributed by atoms with Gasteiger partial charge < -0.3 is 25.4 Å². The number of likely N-dealkylation sites (tertiary alicyclic amines) is 1. The van der Waals surface area contributed by atoms with Crippen LogP contribution >= 0.6 is 11.3 Å². The lowest BCUT2D eigenvalue weighted by atomic mass is 10.0. The number of thiazole rings is 1. The molecule has 15 nitrogen and oxygen atoms in total. The Morgan fingerprint density at radius 1 is 1.02 bits per heavy atom. The topological polar surface area (TPSA) is 205 Å². The van der Waals surface area contributed by atoms with Gasteiger partial charge in [-0.3, -0.25) is 23.7 Å². The van der Waals surface area contributed by atoms with E-state index in [0.717, 1.165) is 45.7 Å². The SMILES string of the molecule is CC(C)n1c(O[C@@H]2C[C@@H](C(N)=O)N(C(=O)[C@H](CCCCC/C=C\C3(C)C[C@@H]3C(=O)NS(=O)(=O)C3(C)CC3)NC(=O)OC(C)(C)C)C2)nc2c(-c3nc(-c4ccccc4)cs3)cccc21. The summed E-state index contributed by atoms with van der Waals surface area (Å²) in [5, 5.41) is 5.61. The highest BCUT2D eigenvalue weighted by Gasteiger charge is 2.56. The van der Waals surface area contributed by atoms with Crippen molar-refractivity contribution in [3.8, 4) is 27.8 Å². The number of nitrogens with one attached hydrogen (secondary N) is 2. The third kappa shape index (κ3) is 10.5. The number of nitrogens with two attached hydrogens (primary N) is 1. The number of benzene rings is 2. The molecule has 0 spiro atoms. The van der Waals surface area contributed by atoms with E-state index in [2.05, 4.69) is 10.0 Å². The third-order valence-corrected chi connectivity index (χ3v) is 15.5. The van der Waals surface area contributed by atoms with Crippen LogP contribution in [0.2, 0.25) is 0 Å². The third-order valence-electron chi connectivity index (χ3n) is 12.4. The van der Waals surface area contributed by atoms with Gasteiger partial charge in [-0.2, -0.15) is 4.98 Å². The fraction of sp³-hybridized carbons (Fsp3) is 0.532. The summed E-state index contributed by atoms with van der Waals surface area (Å²) in [7, 11) is -3.68. The molecule has 4 aromatic rings. The molecular weight excluding hydrogens is 855 g/mol. The zero-order valence-corrected chi connectivity index (χ0v) is 39.4. The Bertz CT molecular complexity index is 2520. The van der Waals surface area contributed by atoms with Crippen molar-refractivity contribution in [1.82, 2.24) is 29.5 Å². The number of aromatic nitrogens is 3. The molecule has 4 amide bonds. The smallest absolute Gasteiger partial charge is 0.408 e. The summed E-state index contributed by atoms with van der Waals surface area (Å²) < 4.78 is 40.7. The number of hydrogen-bond acceptors (Lipinski definition) is 11. The van der Waals surface area contributed by atoms with Crippen molar-refractivity contribution < 1.29 is 37.1 Å². The van der Waals surface area contributed by atoms with Crippen LogP contribution in [0.4, 0.5) is 4.79 Å². The minimum absolute atomic E-state index is 0.0443. The number of imidazole rings is 1. The van der Waals surface area contributed by atoms with Gasteiger partial charge in [0.1, 0.15) is 34.3 Å². The number of fused-ring (bicyclic) bond motifs is 1. The first-order valence-electron chi connectivity index (χ1n) is 22.2. The molecule has 0 radical (unpaired) electrons. The summed E-state index contributed by atoms with van der Waals surface area (Å²) in [6.45, 7) is 12.9. The molecule has 7 rings (SSSR count). The average Bonchev–Trinajstić information content (AvgIpc) is 3.87. The van der Waals surface area contributed by atoms with Crippen molar-refractivity contribution in [2.45, 2.75) is 141 Å². The number of hydrogen-bond donors (Lipinski definition) is 3. The fourth-order valence-electron chi connectivity index (χ4n) is 8.31. The molecule has 17 heteroatoms. The fourth-order valence-corrected chi connectivity index (χ4v) is 10.5. The van der Waals surface area contributed by atoms with E-state index in [4.69, 9.17) is 25.2 Å². The maximum absolute atomic E-state index is 14.4. The van der Waals surface area contributed by atoms with Gasteiger partial charge in [0.25, 0.3) is 6.01 Å². The van der Waals surface area contributed by atoms with Crippen LogP contribution < -0.4 is 20.5 Å². The Balaban J connectivity index is 0.999. The molecule has 3 heterocycles. The molecule has 1 saturated heterocycles. The van der Waals surface area contributed by atoms with Gasteiger partial charge in [0.05, 0.1) is 22.5 Å². The van der Waals surface area contributed by atoms with Gasteiger partial charge in [-0.15, -0.1) is 11.3 Å². The van der Waals surface area contributed by atoms with E-state index in [1.807, 2.05) is 91.4 Å². The standard InChI is InChI=1S/C47H61N7O8S2/c1-29(2)54-36-21-16-19-32(41-49-35(28-63-41)30-17-12-11-13-18-30)38(36)51-43(54)61-31-25-37(39(48)55)53(27-31)42(57)34(50-44(58)62-45(3,4)5)20-14-9-8-10-15-22-46(6)26-33(46)40(56)52-64(59,60)47(7)23-24-47/h11-13,15-19,21-22,28-29,31,33-34,37H,8-10,14,20,23-27H2,1-7H3,(H2,48,55)(H,50,58)(H,52,56)/b22-15-/t31-,33-,34+,37+,46?/m1/s1. The number of rotatable bonds is 18. The monoisotopic (exact) mass is 915 g/mol. The number of carbonyl (C=O) groups is 4. The summed E-state index contributed by atoms with van der Waals surface area (Å²) >= 11 is 1.54. The molecule has 4 N–H and O–H groups in total. The lowest BCUT2D eigenvalue weighted by Crippen LogP contribution is -2.53. The number of sulfonamides is 1. The molecule has 1 unspecified atom stereocenters. The summed E-state index contributed by atoms with van der Waals surface area (Å²) in [4.78, 5) is 64.5. The summed E-state index contributed by atoms with van der Waals surface area (Å²) in [5.41, 5.74) is 9.06. The van der Waals surface area contributed by atoms with Gasteiger partial charge in [0.15, 0.2) is 0 Å². The molecular formula is C47H61N7O8S2. The number of allylic oxidation sites excluding steroid dienone is 2. The number of amides is 4. The molecule has 3 aliphatic rings. The van der Waals surface area contributed by atoms with Crippen molar-refractivity contribution in [2.24, 2.45) is 17.1 Å². The van der Waals surface area contributed by atoms with E-state index >= 15 is 0 Å². The van der Waals surface area contributed by atoms with E-state index < -0.39 is 67.8 Å². The summed E-state index contributed by atoms with van der Waals surface area (Å²) in [6.07, 6.45) is 7.58. The molecule has 2 aliphatic carbocycles. The van der Waals surface area contributed by atoms with E-state index in [1.54, 1.807) is 27.7 Å². The van der Waals surface area contributed by atoms with Gasteiger partial charge in [-0.25, -0.2) is 18.2 Å².